The van der Waals surface area contributed by atoms with Gasteiger partial charge in [-0.15, -0.1) is 0 Å². The zero-order chi connectivity index (χ0) is 35.1. The second-order valence-corrected chi connectivity index (χ2v) is 13.4. The van der Waals surface area contributed by atoms with Gasteiger partial charge in [-0.25, -0.2) is 9.97 Å². The number of nitrogens with zero attached hydrogens (tertiary/aromatic N) is 3. The molecule has 0 N–H and O–H groups in total. The summed E-state index contributed by atoms with van der Waals surface area (Å²) in [6.45, 7) is 0. The quantitative estimate of drug-likeness (QED) is 0.176. The lowest BCUT2D eigenvalue weighted by molar-refractivity contribution is 1.18. The largest absolute Gasteiger partial charge is 0.309 e. The molecule has 2 heterocycles. The van der Waals surface area contributed by atoms with Crippen LogP contribution in [0.5, 0.6) is 0 Å². The topological polar surface area (TPSA) is 30.7 Å². The maximum Gasteiger partial charge on any atom is 0.160 e. The second kappa shape index (κ2) is 12.9. The van der Waals surface area contributed by atoms with Crippen LogP contribution in [-0.2, 0) is 0 Å². The summed E-state index contributed by atoms with van der Waals surface area (Å²) in [6, 6.07) is 71.0. The summed E-state index contributed by atoms with van der Waals surface area (Å²) in [5, 5.41) is 3.58. The van der Waals surface area contributed by atoms with Crippen molar-refractivity contribution in [2.75, 3.05) is 0 Å². The van der Waals surface area contributed by atoms with Crippen LogP contribution in [0.1, 0.15) is 0 Å². The van der Waals surface area contributed by atoms with E-state index < -0.39 is 0 Å². The van der Waals surface area contributed by atoms with Crippen molar-refractivity contribution in [1.29, 1.82) is 0 Å². The molecule has 0 unspecified atom stereocenters. The Morgan fingerprint density at radius 3 is 1.34 bits per heavy atom. The van der Waals surface area contributed by atoms with Gasteiger partial charge in [0.1, 0.15) is 0 Å². The Kier molecular flexibility index (Phi) is 7.47. The fourth-order valence-electron chi connectivity index (χ4n) is 7.60. The molecule has 0 atom stereocenters. The van der Waals surface area contributed by atoms with E-state index in [0.717, 1.165) is 55.7 Å². The lowest BCUT2D eigenvalue weighted by Gasteiger charge is -2.13. The number of benzene rings is 8. The highest BCUT2D eigenvalue weighted by Gasteiger charge is 2.15. The molecule has 0 bridgehead atoms. The molecule has 0 radical (unpaired) electrons. The Morgan fingerprint density at radius 1 is 0.302 bits per heavy atom. The first-order chi connectivity index (χ1) is 26.3. The predicted octanol–water partition coefficient (Wildman–Crippen LogP) is 13.1. The van der Waals surface area contributed by atoms with E-state index in [1.165, 1.54) is 32.9 Å². The first-order valence-corrected chi connectivity index (χ1v) is 18.0. The van der Waals surface area contributed by atoms with Crippen molar-refractivity contribution in [1.82, 2.24) is 14.5 Å². The van der Waals surface area contributed by atoms with Gasteiger partial charge in [0.15, 0.2) is 5.82 Å². The third-order valence-corrected chi connectivity index (χ3v) is 10.2. The van der Waals surface area contributed by atoms with Gasteiger partial charge in [-0.3, -0.25) is 0 Å². The molecule has 0 aliphatic heterocycles. The van der Waals surface area contributed by atoms with E-state index in [9.17, 15) is 0 Å². The Morgan fingerprint density at radius 2 is 0.736 bits per heavy atom. The maximum absolute atomic E-state index is 5.21. The van der Waals surface area contributed by atoms with Crippen LogP contribution in [0.15, 0.2) is 200 Å². The van der Waals surface area contributed by atoms with Crippen LogP contribution in [-0.4, -0.2) is 14.5 Å². The van der Waals surface area contributed by atoms with E-state index in [1.807, 2.05) is 12.1 Å². The van der Waals surface area contributed by atoms with Gasteiger partial charge in [0.2, 0.25) is 0 Å². The SMILES string of the molecule is c1ccc(-c2cc(-c3ccc(-c4ccc(-n5c6ccccc6c6ccccc65)cc4)cc3)cc(-c3nc(-c4ccccc4)c4ccccc4n3)c2)cc1. The van der Waals surface area contributed by atoms with Gasteiger partial charge in [0, 0.05) is 33.0 Å². The molecule has 0 saturated heterocycles. The van der Waals surface area contributed by atoms with Crippen molar-refractivity contribution in [3.63, 3.8) is 0 Å². The third-order valence-electron chi connectivity index (χ3n) is 10.2. The minimum Gasteiger partial charge on any atom is -0.309 e. The molecule has 0 aliphatic rings. The van der Waals surface area contributed by atoms with Crippen LogP contribution >= 0.6 is 0 Å². The van der Waals surface area contributed by atoms with Crippen LogP contribution in [0.4, 0.5) is 0 Å². The molecule has 10 aromatic rings. The van der Waals surface area contributed by atoms with Crippen molar-refractivity contribution >= 4 is 32.7 Å². The lowest BCUT2D eigenvalue weighted by Crippen LogP contribution is -1.96. The zero-order valence-electron chi connectivity index (χ0n) is 28.9. The zero-order valence-corrected chi connectivity index (χ0v) is 28.9. The van der Waals surface area contributed by atoms with E-state index in [2.05, 4.69) is 193 Å². The molecule has 3 heteroatoms. The van der Waals surface area contributed by atoms with Crippen LogP contribution < -0.4 is 0 Å². The van der Waals surface area contributed by atoms with Crippen LogP contribution in [0.25, 0.3) is 94.4 Å². The van der Waals surface area contributed by atoms with Gasteiger partial charge in [0.25, 0.3) is 0 Å². The van der Waals surface area contributed by atoms with Gasteiger partial charge in [-0.2, -0.15) is 0 Å². The average Bonchev–Trinajstić information content (AvgIpc) is 3.58. The number of hydrogen-bond donors (Lipinski definition) is 0. The van der Waals surface area contributed by atoms with Gasteiger partial charge in [0.05, 0.1) is 22.2 Å². The van der Waals surface area contributed by atoms with Gasteiger partial charge >= 0.3 is 0 Å². The van der Waals surface area contributed by atoms with Crippen molar-refractivity contribution in [2.45, 2.75) is 0 Å². The first-order valence-electron chi connectivity index (χ1n) is 18.0. The van der Waals surface area contributed by atoms with Gasteiger partial charge < -0.3 is 4.57 Å². The molecule has 8 aromatic carbocycles. The highest BCUT2D eigenvalue weighted by molar-refractivity contribution is 6.09. The summed E-state index contributed by atoms with van der Waals surface area (Å²) in [7, 11) is 0. The number of rotatable bonds is 6. The van der Waals surface area contributed by atoms with E-state index >= 15 is 0 Å². The normalized spacial score (nSPS) is 11.4. The Bertz CT molecular complexity index is 2850. The van der Waals surface area contributed by atoms with E-state index in [1.54, 1.807) is 0 Å². The maximum atomic E-state index is 5.21. The smallest absolute Gasteiger partial charge is 0.160 e. The number of aromatic nitrogens is 3. The van der Waals surface area contributed by atoms with Crippen molar-refractivity contribution in [3.8, 4) is 61.7 Å². The molecule has 0 amide bonds. The lowest BCUT2D eigenvalue weighted by atomic mass is 9.94. The molecule has 53 heavy (non-hydrogen) atoms. The van der Waals surface area contributed by atoms with Crippen molar-refractivity contribution in [2.24, 2.45) is 0 Å². The Hall–Kier alpha value is -7.10. The molecule has 10 rings (SSSR count). The summed E-state index contributed by atoms with van der Waals surface area (Å²) in [5.74, 6) is 0.710. The number of para-hydroxylation sites is 3. The molecule has 0 aliphatic carbocycles. The van der Waals surface area contributed by atoms with E-state index in [4.69, 9.17) is 9.97 Å². The summed E-state index contributed by atoms with van der Waals surface area (Å²) >= 11 is 0. The van der Waals surface area contributed by atoms with Gasteiger partial charge in [-0.1, -0.05) is 152 Å². The average molecular weight is 676 g/mol. The van der Waals surface area contributed by atoms with Crippen LogP contribution in [0.3, 0.4) is 0 Å². The Labute approximate surface area is 308 Å². The summed E-state index contributed by atoms with van der Waals surface area (Å²) < 4.78 is 2.36. The van der Waals surface area contributed by atoms with Crippen LogP contribution in [0, 0.1) is 0 Å². The third kappa shape index (κ3) is 5.56. The standard InChI is InChI=1S/C50H33N3/c1-3-13-34(14-4-1)39-31-40(33-41(32-39)50-51-46-20-10-7-19-45(46)49(52-50)38-15-5-2-6-16-38)37-25-23-35(24-26-37)36-27-29-42(30-28-36)53-47-21-11-8-17-43(47)44-18-9-12-22-48(44)53/h1-33H. The fraction of sp³-hybridized carbons (Fsp3) is 0. The highest BCUT2D eigenvalue weighted by atomic mass is 15.0. The molecule has 2 aromatic heterocycles. The van der Waals surface area contributed by atoms with Gasteiger partial charge in [-0.05, 0) is 81.9 Å². The Balaban J connectivity index is 1.04. The molecule has 0 fully saturated rings. The monoisotopic (exact) mass is 675 g/mol. The van der Waals surface area contributed by atoms with Crippen molar-refractivity contribution in [3.05, 3.63) is 200 Å². The van der Waals surface area contributed by atoms with Crippen LogP contribution in [0.2, 0.25) is 0 Å². The summed E-state index contributed by atoms with van der Waals surface area (Å²) in [6.07, 6.45) is 0. The fourth-order valence-corrected chi connectivity index (χ4v) is 7.60. The highest BCUT2D eigenvalue weighted by Crippen LogP contribution is 2.36. The second-order valence-electron chi connectivity index (χ2n) is 13.4. The number of hydrogen-bond acceptors (Lipinski definition) is 2. The molecule has 248 valence electrons. The minimum absolute atomic E-state index is 0.710. The molecule has 0 saturated carbocycles. The van der Waals surface area contributed by atoms with Crippen molar-refractivity contribution < 1.29 is 0 Å². The van der Waals surface area contributed by atoms with E-state index in [0.29, 0.717) is 5.82 Å². The predicted molar refractivity (Wildman–Crippen MR) is 221 cm³/mol. The summed E-state index contributed by atoms with van der Waals surface area (Å²) in [5.41, 5.74) is 14.4. The summed E-state index contributed by atoms with van der Waals surface area (Å²) in [4.78, 5) is 10.3. The molecular formula is C50H33N3. The molecule has 3 nitrogen and oxygen atoms in total. The molecular weight excluding hydrogens is 643 g/mol. The minimum atomic E-state index is 0.710. The molecule has 0 spiro atoms. The number of fused-ring (bicyclic) bond motifs is 4. The van der Waals surface area contributed by atoms with E-state index in [-0.39, 0.29) is 0 Å². The first kappa shape index (κ1) is 30.7.